The molecule has 4 heteroatoms. The minimum absolute atomic E-state index is 0.0397. The number of rotatable bonds is 5. The molecule has 0 aliphatic heterocycles. The molecule has 3 nitrogen and oxygen atoms in total. The predicted molar refractivity (Wildman–Crippen MR) is 73.3 cm³/mol. The second kappa shape index (κ2) is 6.19. The maximum atomic E-state index is 13.1. The summed E-state index contributed by atoms with van der Waals surface area (Å²) < 4.78 is 18.7. The molecule has 104 valence electrons. The number of halogens is 1. The highest BCUT2D eigenvalue weighted by molar-refractivity contribution is 5.70. The Morgan fingerprint density at radius 1 is 1.20 bits per heavy atom. The minimum Gasteiger partial charge on any atom is -0.489 e. The number of carboxylic acid groups (broad SMARTS) is 1. The summed E-state index contributed by atoms with van der Waals surface area (Å²) in [5.41, 5.74) is 2.05. The Hall–Kier alpha value is -2.36. The van der Waals surface area contributed by atoms with Gasteiger partial charge in [0.2, 0.25) is 0 Å². The average molecular weight is 274 g/mol. The van der Waals surface area contributed by atoms with Gasteiger partial charge in [-0.25, -0.2) is 4.39 Å². The predicted octanol–water partition coefficient (Wildman–Crippen LogP) is 3.34. The zero-order chi connectivity index (χ0) is 14.5. The van der Waals surface area contributed by atoms with Crippen molar-refractivity contribution >= 4 is 5.97 Å². The quantitative estimate of drug-likeness (QED) is 0.909. The summed E-state index contributed by atoms with van der Waals surface area (Å²) >= 11 is 0. The van der Waals surface area contributed by atoms with Gasteiger partial charge in [-0.1, -0.05) is 24.3 Å². The minimum atomic E-state index is -0.880. The Bertz CT molecular complexity index is 623. The first-order valence-corrected chi connectivity index (χ1v) is 6.24. The highest BCUT2D eigenvalue weighted by Crippen LogP contribution is 2.18. The van der Waals surface area contributed by atoms with Crippen LogP contribution in [0.5, 0.6) is 5.75 Å². The Labute approximate surface area is 116 Å². The number of hydrogen-bond donors (Lipinski definition) is 1. The van der Waals surface area contributed by atoms with Gasteiger partial charge in [-0.15, -0.1) is 0 Å². The van der Waals surface area contributed by atoms with Crippen LogP contribution in [0.4, 0.5) is 4.39 Å². The van der Waals surface area contributed by atoms with Crippen molar-refractivity contribution in [3.63, 3.8) is 0 Å². The van der Waals surface area contributed by atoms with Crippen LogP contribution in [0.25, 0.3) is 0 Å². The fourth-order valence-corrected chi connectivity index (χ4v) is 1.90. The van der Waals surface area contributed by atoms with E-state index >= 15 is 0 Å². The topological polar surface area (TPSA) is 46.5 Å². The molecule has 0 fully saturated rings. The van der Waals surface area contributed by atoms with Gasteiger partial charge < -0.3 is 9.84 Å². The lowest BCUT2D eigenvalue weighted by Gasteiger charge is -2.10. The Morgan fingerprint density at radius 3 is 2.55 bits per heavy atom. The normalized spacial score (nSPS) is 10.3. The zero-order valence-corrected chi connectivity index (χ0v) is 11.1. The van der Waals surface area contributed by atoms with Crippen molar-refractivity contribution in [2.45, 2.75) is 20.0 Å². The number of carbonyl (C=O) groups is 1. The van der Waals surface area contributed by atoms with E-state index in [-0.39, 0.29) is 18.8 Å². The molecule has 20 heavy (non-hydrogen) atoms. The number of carboxylic acids is 1. The average Bonchev–Trinajstić information content (AvgIpc) is 2.41. The number of aryl methyl sites for hydroxylation is 1. The van der Waals surface area contributed by atoms with E-state index < -0.39 is 5.97 Å². The van der Waals surface area contributed by atoms with Crippen LogP contribution in [0.2, 0.25) is 0 Å². The van der Waals surface area contributed by atoms with Crippen molar-refractivity contribution in [1.82, 2.24) is 0 Å². The fourth-order valence-electron chi connectivity index (χ4n) is 1.90. The monoisotopic (exact) mass is 274 g/mol. The second-order valence-electron chi connectivity index (χ2n) is 4.54. The van der Waals surface area contributed by atoms with Crippen molar-refractivity contribution in [1.29, 1.82) is 0 Å². The molecule has 0 aromatic heterocycles. The van der Waals surface area contributed by atoms with Gasteiger partial charge in [0.25, 0.3) is 0 Å². The van der Waals surface area contributed by atoms with Gasteiger partial charge in [0.1, 0.15) is 18.2 Å². The molecular formula is C16H15FO3. The summed E-state index contributed by atoms with van der Waals surface area (Å²) in [4.78, 5) is 10.8. The molecule has 0 aliphatic carbocycles. The first kappa shape index (κ1) is 14.1. The maximum absolute atomic E-state index is 13.1. The van der Waals surface area contributed by atoms with Crippen LogP contribution >= 0.6 is 0 Å². The third-order valence-electron chi connectivity index (χ3n) is 2.98. The summed E-state index contributed by atoms with van der Waals surface area (Å²) in [7, 11) is 0. The lowest BCUT2D eigenvalue weighted by molar-refractivity contribution is -0.136. The molecule has 0 unspecified atom stereocenters. The van der Waals surface area contributed by atoms with Crippen molar-refractivity contribution in [3.8, 4) is 5.75 Å². The highest BCUT2D eigenvalue weighted by atomic mass is 19.1. The van der Waals surface area contributed by atoms with Gasteiger partial charge >= 0.3 is 5.97 Å². The molecule has 0 spiro atoms. The van der Waals surface area contributed by atoms with Crippen LogP contribution in [0.3, 0.4) is 0 Å². The van der Waals surface area contributed by atoms with E-state index in [2.05, 4.69) is 0 Å². The van der Waals surface area contributed by atoms with E-state index in [4.69, 9.17) is 9.84 Å². The summed E-state index contributed by atoms with van der Waals surface area (Å²) in [5.74, 6) is -0.590. The largest absolute Gasteiger partial charge is 0.489 e. The maximum Gasteiger partial charge on any atom is 0.307 e. The third-order valence-corrected chi connectivity index (χ3v) is 2.98. The van der Waals surface area contributed by atoms with E-state index in [1.165, 1.54) is 6.07 Å². The molecule has 2 aromatic rings. The SMILES string of the molecule is Cc1cc(OCc2ccccc2CC(=O)O)ccc1F. The Balaban J connectivity index is 2.10. The molecule has 0 radical (unpaired) electrons. The first-order valence-electron chi connectivity index (χ1n) is 6.24. The van der Waals surface area contributed by atoms with Crippen LogP contribution in [0.1, 0.15) is 16.7 Å². The van der Waals surface area contributed by atoms with E-state index in [0.717, 1.165) is 11.1 Å². The summed E-state index contributed by atoms with van der Waals surface area (Å²) in [6, 6.07) is 11.8. The van der Waals surface area contributed by atoms with Gasteiger partial charge in [-0.2, -0.15) is 0 Å². The smallest absolute Gasteiger partial charge is 0.307 e. The fraction of sp³-hybridized carbons (Fsp3) is 0.188. The molecule has 0 atom stereocenters. The van der Waals surface area contributed by atoms with Gasteiger partial charge in [-0.3, -0.25) is 4.79 Å². The molecule has 2 aromatic carbocycles. The van der Waals surface area contributed by atoms with Gasteiger partial charge in [0.05, 0.1) is 6.42 Å². The van der Waals surface area contributed by atoms with E-state index in [1.807, 2.05) is 12.1 Å². The van der Waals surface area contributed by atoms with Crippen molar-refractivity contribution in [2.75, 3.05) is 0 Å². The van der Waals surface area contributed by atoms with Crippen molar-refractivity contribution in [2.24, 2.45) is 0 Å². The lowest BCUT2D eigenvalue weighted by Crippen LogP contribution is -2.06. The van der Waals surface area contributed by atoms with E-state index in [9.17, 15) is 9.18 Å². The van der Waals surface area contributed by atoms with Gasteiger partial charge in [0, 0.05) is 0 Å². The molecule has 2 rings (SSSR count). The molecular weight excluding hydrogens is 259 g/mol. The summed E-state index contributed by atoms with van der Waals surface area (Å²) in [6.07, 6.45) is -0.0397. The molecule has 0 amide bonds. The molecule has 1 N–H and O–H groups in total. The summed E-state index contributed by atoms with van der Waals surface area (Å²) in [6.45, 7) is 1.93. The molecule has 0 heterocycles. The Morgan fingerprint density at radius 2 is 1.90 bits per heavy atom. The molecule has 0 bridgehead atoms. The van der Waals surface area contributed by atoms with Gasteiger partial charge in [-0.05, 0) is 41.8 Å². The highest BCUT2D eigenvalue weighted by Gasteiger charge is 2.07. The number of aliphatic carboxylic acids is 1. The van der Waals surface area contributed by atoms with Crippen LogP contribution in [-0.2, 0) is 17.8 Å². The second-order valence-corrected chi connectivity index (χ2v) is 4.54. The number of hydrogen-bond acceptors (Lipinski definition) is 2. The lowest BCUT2D eigenvalue weighted by atomic mass is 10.1. The third kappa shape index (κ3) is 3.57. The molecule has 0 aliphatic rings. The van der Waals surface area contributed by atoms with Crippen LogP contribution in [0, 0.1) is 12.7 Å². The molecule has 0 saturated heterocycles. The Kier molecular flexibility index (Phi) is 4.35. The number of ether oxygens (including phenoxy) is 1. The summed E-state index contributed by atoms with van der Waals surface area (Å²) in [5, 5.41) is 8.86. The molecule has 0 saturated carbocycles. The van der Waals surface area contributed by atoms with Crippen molar-refractivity contribution in [3.05, 3.63) is 65.0 Å². The van der Waals surface area contributed by atoms with Crippen LogP contribution in [0.15, 0.2) is 42.5 Å². The zero-order valence-electron chi connectivity index (χ0n) is 11.1. The van der Waals surface area contributed by atoms with Crippen LogP contribution in [-0.4, -0.2) is 11.1 Å². The van der Waals surface area contributed by atoms with Gasteiger partial charge in [0.15, 0.2) is 0 Å². The van der Waals surface area contributed by atoms with Crippen LogP contribution < -0.4 is 4.74 Å². The standard InChI is InChI=1S/C16H15FO3/c1-11-8-14(6-7-15(11)17)20-10-13-5-3-2-4-12(13)9-16(18)19/h2-8H,9-10H2,1H3,(H,18,19). The number of benzene rings is 2. The van der Waals surface area contributed by atoms with E-state index in [0.29, 0.717) is 11.3 Å². The van der Waals surface area contributed by atoms with E-state index in [1.54, 1.807) is 31.2 Å². The first-order chi connectivity index (χ1) is 9.56. The van der Waals surface area contributed by atoms with Crippen molar-refractivity contribution < 1.29 is 19.0 Å².